The molecule has 0 unspecified atom stereocenters. The van der Waals surface area contributed by atoms with Crippen LogP contribution in [-0.2, 0) is 11.3 Å². The second-order valence-corrected chi connectivity index (χ2v) is 5.50. The van der Waals surface area contributed by atoms with Gasteiger partial charge in [0, 0.05) is 37.6 Å². The van der Waals surface area contributed by atoms with E-state index in [1.165, 1.54) is 0 Å². The molecule has 124 valence electrons. The molecule has 9 nitrogen and oxygen atoms in total. The first-order valence-electron chi connectivity index (χ1n) is 7.89. The van der Waals surface area contributed by atoms with Gasteiger partial charge in [-0.15, -0.1) is 0 Å². The van der Waals surface area contributed by atoms with E-state index in [1.807, 2.05) is 4.57 Å². The molecule has 1 aliphatic heterocycles. The molecule has 9 heteroatoms. The number of aryl methyl sites for hydroxylation is 1. The lowest BCUT2D eigenvalue weighted by Crippen LogP contribution is -2.37. The molecule has 4 heterocycles. The smallest absolute Gasteiger partial charge is 0.228 e. The molecule has 0 aromatic carbocycles. The fraction of sp³-hybridized carbons (Fsp3) is 0.400. The van der Waals surface area contributed by atoms with Crippen molar-refractivity contribution in [3.63, 3.8) is 0 Å². The Hall–Kier alpha value is -2.81. The number of hydrogen-bond donors (Lipinski definition) is 1. The van der Waals surface area contributed by atoms with E-state index in [2.05, 4.69) is 26.8 Å². The van der Waals surface area contributed by atoms with Crippen LogP contribution in [0.15, 0.2) is 18.7 Å². The second-order valence-electron chi connectivity index (χ2n) is 5.50. The van der Waals surface area contributed by atoms with Gasteiger partial charge in [0.05, 0.1) is 19.5 Å². The summed E-state index contributed by atoms with van der Waals surface area (Å²) in [6, 6.07) is 0. The summed E-state index contributed by atoms with van der Waals surface area (Å²) in [4.78, 5) is 24.2. The number of imidazole rings is 1. The molecule has 2 N–H and O–H groups in total. The lowest BCUT2D eigenvalue weighted by Gasteiger charge is -2.27. The summed E-state index contributed by atoms with van der Waals surface area (Å²) in [6.45, 7) is 5.73. The van der Waals surface area contributed by atoms with Crippen LogP contribution in [0.1, 0.15) is 6.92 Å². The molecule has 1 aliphatic rings. The average molecular weight is 326 g/mol. The Morgan fingerprint density at radius 1 is 1.12 bits per heavy atom. The molecule has 0 atom stereocenters. The predicted octanol–water partition coefficient (Wildman–Crippen LogP) is 0.722. The van der Waals surface area contributed by atoms with Crippen LogP contribution in [0, 0.1) is 0 Å². The first kappa shape index (κ1) is 14.8. The fourth-order valence-electron chi connectivity index (χ4n) is 2.73. The minimum atomic E-state index is 0.233. The number of nitrogens with two attached hydrogens (primary N) is 1. The van der Waals surface area contributed by atoms with Crippen molar-refractivity contribution in [3.8, 4) is 11.3 Å². The summed E-state index contributed by atoms with van der Waals surface area (Å²) < 4.78 is 7.42. The second kappa shape index (κ2) is 6.00. The third kappa shape index (κ3) is 2.52. The maximum absolute atomic E-state index is 5.59. The van der Waals surface area contributed by atoms with Gasteiger partial charge in [-0.3, -0.25) is 0 Å². The number of rotatable bonds is 3. The lowest BCUT2D eigenvalue weighted by molar-refractivity contribution is 0.122. The molecule has 0 saturated carbocycles. The van der Waals surface area contributed by atoms with Crippen molar-refractivity contribution in [2.75, 3.05) is 36.9 Å². The fourth-order valence-corrected chi connectivity index (χ4v) is 2.73. The molecule has 0 amide bonds. The van der Waals surface area contributed by atoms with Gasteiger partial charge in [0.15, 0.2) is 5.65 Å². The summed E-state index contributed by atoms with van der Waals surface area (Å²) >= 11 is 0. The zero-order chi connectivity index (χ0) is 16.5. The van der Waals surface area contributed by atoms with Gasteiger partial charge in [-0.1, -0.05) is 0 Å². The molecule has 0 bridgehead atoms. The molecule has 0 spiro atoms. The molecule has 3 aromatic heterocycles. The number of anilines is 2. The van der Waals surface area contributed by atoms with E-state index >= 15 is 0 Å². The minimum Gasteiger partial charge on any atom is -0.378 e. The zero-order valence-corrected chi connectivity index (χ0v) is 13.4. The van der Waals surface area contributed by atoms with Gasteiger partial charge >= 0.3 is 0 Å². The summed E-state index contributed by atoms with van der Waals surface area (Å²) in [5, 5.41) is 0. The SMILES string of the molecule is CCn1cnc2c(-c3cnc(N)nc3)nc(N3CCOCC3)nc21. The van der Waals surface area contributed by atoms with Crippen LogP contribution in [0.25, 0.3) is 22.4 Å². The molecular weight excluding hydrogens is 308 g/mol. The van der Waals surface area contributed by atoms with E-state index in [9.17, 15) is 0 Å². The van der Waals surface area contributed by atoms with Crippen LogP contribution in [0.4, 0.5) is 11.9 Å². The van der Waals surface area contributed by atoms with Gasteiger partial charge in [-0.05, 0) is 6.92 Å². The molecule has 1 saturated heterocycles. The topological polar surface area (TPSA) is 108 Å². The van der Waals surface area contributed by atoms with Crippen LogP contribution in [0.3, 0.4) is 0 Å². The van der Waals surface area contributed by atoms with E-state index < -0.39 is 0 Å². The number of nitrogens with zero attached hydrogens (tertiary/aromatic N) is 7. The number of morpholine rings is 1. The Bertz CT molecular complexity index is 854. The van der Waals surface area contributed by atoms with Crippen molar-refractivity contribution in [1.29, 1.82) is 0 Å². The van der Waals surface area contributed by atoms with E-state index in [-0.39, 0.29) is 5.95 Å². The van der Waals surface area contributed by atoms with Crippen LogP contribution >= 0.6 is 0 Å². The van der Waals surface area contributed by atoms with Crippen molar-refractivity contribution in [2.45, 2.75) is 13.5 Å². The number of ether oxygens (including phenoxy) is 1. The van der Waals surface area contributed by atoms with E-state index in [0.29, 0.717) is 24.9 Å². The van der Waals surface area contributed by atoms with Crippen molar-refractivity contribution in [1.82, 2.24) is 29.5 Å². The van der Waals surface area contributed by atoms with Gasteiger partial charge in [-0.2, -0.15) is 4.98 Å². The predicted molar refractivity (Wildman–Crippen MR) is 89.5 cm³/mol. The number of fused-ring (bicyclic) bond motifs is 1. The normalized spacial score (nSPS) is 15.1. The average Bonchev–Trinajstić information content (AvgIpc) is 3.05. The molecule has 0 radical (unpaired) electrons. The van der Waals surface area contributed by atoms with Crippen LogP contribution in [0.5, 0.6) is 0 Å². The monoisotopic (exact) mass is 326 g/mol. The summed E-state index contributed by atoms with van der Waals surface area (Å²) in [6.07, 6.45) is 5.11. The van der Waals surface area contributed by atoms with Gasteiger partial charge in [-0.25, -0.2) is 19.9 Å². The van der Waals surface area contributed by atoms with Gasteiger partial charge in [0.25, 0.3) is 0 Å². The largest absolute Gasteiger partial charge is 0.378 e. The number of aromatic nitrogens is 6. The third-order valence-corrected chi connectivity index (χ3v) is 4.03. The first-order valence-corrected chi connectivity index (χ1v) is 7.89. The zero-order valence-electron chi connectivity index (χ0n) is 13.4. The minimum absolute atomic E-state index is 0.233. The van der Waals surface area contributed by atoms with Crippen LogP contribution in [0.2, 0.25) is 0 Å². The maximum Gasteiger partial charge on any atom is 0.228 e. The molecule has 0 aliphatic carbocycles. The summed E-state index contributed by atoms with van der Waals surface area (Å²) in [7, 11) is 0. The highest BCUT2D eigenvalue weighted by Crippen LogP contribution is 2.27. The number of hydrogen-bond acceptors (Lipinski definition) is 8. The van der Waals surface area contributed by atoms with Crippen LogP contribution < -0.4 is 10.6 Å². The van der Waals surface area contributed by atoms with E-state index in [1.54, 1.807) is 18.7 Å². The quantitative estimate of drug-likeness (QED) is 0.750. The van der Waals surface area contributed by atoms with Crippen molar-refractivity contribution in [2.24, 2.45) is 0 Å². The molecule has 3 aromatic rings. The molecular formula is C15H18N8O. The maximum atomic E-state index is 5.59. The summed E-state index contributed by atoms with van der Waals surface area (Å²) in [5.41, 5.74) is 8.62. The molecule has 4 rings (SSSR count). The molecule has 24 heavy (non-hydrogen) atoms. The Morgan fingerprint density at radius 2 is 1.88 bits per heavy atom. The first-order chi connectivity index (χ1) is 11.8. The highest BCUT2D eigenvalue weighted by Gasteiger charge is 2.20. The Balaban J connectivity index is 1.89. The van der Waals surface area contributed by atoms with E-state index in [4.69, 9.17) is 20.4 Å². The summed E-state index contributed by atoms with van der Waals surface area (Å²) in [5.74, 6) is 0.907. The Labute approximate surface area is 138 Å². The molecule has 1 fully saturated rings. The lowest BCUT2D eigenvalue weighted by atomic mass is 10.2. The van der Waals surface area contributed by atoms with Crippen molar-refractivity contribution < 1.29 is 4.74 Å². The Kier molecular flexibility index (Phi) is 3.69. The number of nitrogen functional groups attached to an aromatic ring is 1. The van der Waals surface area contributed by atoms with E-state index in [0.717, 1.165) is 36.4 Å². The van der Waals surface area contributed by atoms with Crippen LogP contribution in [-0.4, -0.2) is 55.8 Å². The van der Waals surface area contributed by atoms with Gasteiger partial charge in [0.1, 0.15) is 11.2 Å². The van der Waals surface area contributed by atoms with Gasteiger partial charge < -0.3 is 19.9 Å². The van der Waals surface area contributed by atoms with Crippen molar-refractivity contribution >= 4 is 23.1 Å². The van der Waals surface area contributed by atoms with Gasteiger partial charge in [0.2, 0.25) is 11.9 Å². The standard InChI is InChI=1S/C15H18N8O/c1-2-22-9-19-12-11(10-7-17-14(16)18-8-10)20-15(21-13(12)22)23-3-5-24-6-4-23/h7-9H,2-6H2,1H3,(H2,16,17,18). The highest BCUT2D eigenvalue weighted by molar-refractivity contribution is 5.88. The van der Waals surface area contributed by atoms with Crippen molar-refractivity contribution in [3.05, 3.63) is 18.7 Å². The highest BCUT2D eigenvalue weighted by atomic mass is 16.5. The third-order valence-electron chi connectivity index (χ3n) is 4.03. The Morgan fingerprint density at radius 3 is 2.58 bits per heavy atom.